The van der Waals surface area contributed by atoms with Gasteiger partial charge in [0.1, 0.15) is 6.61 Å². The lowest BCUT2D eigenvalue weighted by molar-refractivity contribution is -0.139. The molecule has 10 nitrogen and oxygen atoms in total. The summed E-state index contributed by atoms with van der Waals surface area (Å²) in [5.74, 6) is -1.45. The summed E-state index contributed by atoms with van der Waals surface area (Å²) in [6.07, 6.45) is 0. The quantitative estimate of drug-likeness (QED) is 0.504. The summed E-state index contributed by atoms with van der Waals surface area (Å²) in [6.45, 7) is 3.65. The molecule has 11 heteroatoms. The Morgan fingerprint density at radius 1 is 1.19 bits per heavy atom. The van der Waals surface area contributed by atoms with Crippen molar-refractivity contribution < 1.29 is 23.8 Å². The average molecular weight is 462 g/mol. The number of nitrogens with two attached hydrogens (primary N) is 1. The number of ether oxygens (including phenoxy) is 3. The van der Waals surface area contributed by atoms with Crippen LogP contribution in [0.2, 0.25) is 5.02 Å². The molecule has 0 aliphatic carbocycles. The third kappa shape index (κ3) is 4.92. The molecule has 0 saturated heterocycles. The molecular weight excluding hydrogens is 438 g/mol. The Morgan fingerprint density at radius 2 is 1.94 bits per heavy atom. The minimum absolute atomic E-state index is 0.00149. The molecule has 0 radical (unpaired) electrons. The van der Waals surface area contributed by atoms with Crippen LogP contribution in [0.4, 0.5) is 5.95 Å². The van der Waals surface area contributed by atoms with E-state index in [1.54, 1.807) is 38.1 Å². The Balaban J connectivity index is 2.05. The van der Waals surface area contributed by atoms with Crippen LogP contribution in [0.3, 0.4) is 0 Å². The zero-order valence-corrected chi connectivity index (χ0v) is 18.7. The maximum Gasteiger partial charge on any atom is 0.336 e. The van der Waals surface area contributed by atoms with E-state index in [4.69, 9.17) is 31.5 Å². The number of aromatic amines is 1. The van der Waals surface area contributed by atoms with Gasteiger partial charge in [0.2, 0.25) is 5.95 Å². The van der Waals surface area contributed by atoms with E-state index in [1.807, 2.05) is 0 Å². The molecule has 0 amide bonds. The van der Waals surface area contributed by atoms with Crippen LogP contribution in [0.15, 0.2) is 46.8 Å². The predicted molar refractivity (Wildman–Crippen MR) is 116 cm³/mol. The normalized spacial score (nSPS) is 16.1. The highest BCUT2D eigenvalue weighted by molar-refractivity contribution is 6.31. The lowest BCUT2D eigenvalue weighted by Gasteiger charge is -2.31. The van der Waals surface area contributed by atoms with E-state index in [2.05, 4.69) is 20.5 Å². The summed E-state index contributed by atoms with van der Waals surface area (Å²) in [5, 5.41) is 9.90. The predicted octanol–water partition coefficient (Wildman–Crippen LogP) is 2.21. The smallest absolute Gasteiger partial charge is 0.336 e. The first-order valence-electron chi connectivity index (χ1n) is 9.82. The van der Waals surface area contributed by atoms with Gasteiger partial charge in [0, 0.05) is 10.7 Å². The van der Waals surface area contributed by atoms with Gasteiger partial charge in [-0.25, -0.2) is 9.59 Å². The van der Waals surface area contributed by atoms with E-state index in [-0.39, 0.29) is 36.9 Å². The third-order valence-electron chi connectivity index (χ3n) is 4.80. The number of H-pyrrole nitrogens is 1. The van der Waals surface area contributed by atoms with Gasteiger partial charge in [0.15, 0.2) is 5.82 Å². The third-order valence-corrected chi connectivity index (χ3v) is 5.14. The molecular formula is C21H24ClN5O5. The number of rotatable bonds is 8. The number of carbonyl (C=O) groups is 2. The molecule has 170 valence electrons. The van der Waals surface area contributed by atoms with Crippen molar-refractivity contribution in [2.75, 3.05) is 26.1 Å². The number of dihydropyridines is 1. The topological polar surface area (TPSA) is 141 Å². The van der Waals surface area contributed by atoms with Crippen LogP contribution in [0.25, 0.3) is 0 Å². The van der Waals surface area contributed by atoms with Crippen molar-refractivity contribution in [3.8, 4) is 0 Å². The van der Waals surface area contributed by atoms with Crippen molar-refractivity contribution >= 4 is 29.5 Å². The number of anilines is 1. The van der Waals surface area contributed by atoms with Gasteiger partial charge in [0.05, 0.1) is 43.1 Å². The molecule has 32 heavy (non-hydrogen) atoms. The van der Waals surface area contributed by atoms with Gasteiger partial charge in [-0.1, -0.05) is 29.8 Å². The fraction of sp³-hybridized carbons (Fsp3) is 0.333. The summed E-state index contributed by atoms with van der Waals surface area (Å²) in [7, 11) is 1.28. The van der Waals surface area contributed by atoms with E-state index in [1.165, 1.54) is 7.11 Å². The first kappa shape index (κ1) is 23.3. The zero-order chi connectivity index (χ0) is 23.3. The molecule has 1 unspecified atom stereocenters. The fourth-order valence-corrected chi connectivity index (χ4v) is 3.73. The molecule has 0 spiro atoms. The highest BCUT2D eigenvalue weighted by atomic mass is 35.5. The van der Waals surface area contributed by atoms with Crippen LogP contribution < -0.4 is 11.1 Å². The SMILES string of the molecule is CCOC(=O)C1=C(COCc2nc(N)n[nH]2)NC(C)=C(C(=O)OC)C1c1ccccc1Cl. The molecule has 1 atom stereocenters. The summed E-state index contributed by atoms with van der Waals surface area (Å²) in [5.41, 5.74) is 7.49. The maximum absolute atomic E-state index is 13.1. The number of esters is 2. The second kappa shape index (κ2) is 10.3. The van der Waals surface area contributed by atoms with Crippen LogP contribution in [-0.2, 0) is 30.4 Å². The molecule has 4 N–H and O–H groups in total. The molecule has 0 saturated carbocycles. The molecule has 1 aliphatic heterocycles. The highest BCUT2D eigenvalue weighted by Crippen LogP contribution is 2.41. The van der Waals surface area contributed by atoms with Crippen molar-refractivity contribution in [1.29, 1.82) is 0 Å². The number of allylic oxidation sites excluding steroid dienone is 1. The molecule has 0 fully saturated rings. The van der Waals surface area contributed by atoms with Gasteiger partial charge in [-0.2, -0.15) is 4.98 Å². The van der Waals surface area contributed by atoms with Crippen LogP contribution in [0.5, 0.6) is 0 Å². The number of halogens is 1. The minimum Gasteiger partial charge on any atom is -0.466 e. The number of nitrogen functional groups attached to an aromatic ring is 1. The Bertz CT molecular complexity index is 1080. The number of hydrogen-bond acceptors (Lipinski definition) is 9. The van der Waals surface area contributed by atoms with Crippen LogP contribution in [0, 0.1) is 0 Å². The second-order valence-electron chi connectivity index (χ2n) is 6.86. The number of benzene rings is 1. The molecule has 3 rings (SSSR count). The Morgan fingerprint density at radius 3 is 2.56 bits per heavy atom. The van der Waals surface area contributed by atoms with Crippen molar-refractivity contribution in [3.05, 3.63) is 63.2 Å². The van der Waals surface area contributed by atoms with Gasteiger partial charge >= 0.3 is 11.9 Å². The Hall–Kier alpha value is -3.37. The lowest BCUT2D eigenvalue weighted by Crippen LogP contribution is -2.34. The standard InChI is InChI=1S/C21H24ClN5O5/c1-4-32-20(29)18-14(9-31-10-15-25-21(23)27-26-15)24-11(2)16(19(28)30-3)17(18)12-7-5-6-8-13(12)22/h5-8,17,24H,4,9-10H2,1-3H3,(H3,23,25,26,27). The summed E-state index contributed by atoms with van der Waals surface area (Å²) >= 11 is 6.47. The first-order chi connectivity index (χ1) is 15.4. The Kier molecular flexibility index (Phi) is 7.49. The fourth-order valence-electron chi connectivity index (χ4n) is 3.49. The monoisotopic (exact) mass is 461 g/mol. The molecule has 0 bridgehead atoms. The Labute approximate surface area is 189 Å². The van der Waals surface area contributed by atoms with Gasteiger partial charge in [-0.3, -0.25) is 5.10 Å². The molecule has 2 aromatic rings. The maximum atomic E-state index is 13.1. The van der Waals surface area contributed by atoms with Gasteiger partial charge in [0.25, 0.3) is 0 Å². The zero-order valence-electron chi connectivity index (χ0n) is 17.9. The highest BCUT2D eigenvalue weighted by Gasteiger charge is 2.39. The first-order valence-corrected chi connectivity index (χ1v) is 10.2. The number of carbonyl (C=O) groups excluding carboxylic acids is 2. The van der Waals surface area contributed by atoms with Crippen molar-refractivity contribution in [3.63, 3.8) is 0 Å². The number of aromatic nitrogens is 3. The van der Waals surface area contributed by atoms with Crippen molar-refractivity contribution in [2.24, 2.45) is 0 Å². The number of nitrogens with zero attached hydrogens (tertiary/aromatic N) is 2. The van der Waals surface area contributed by atoms with E-state index >= 15 is 0 Å². The summed E-state index contributed by atoms with van der Waals surface area (Å²) < 4.78 is 16.0. The van der Waals surface area contributed by atoms with Crippen molar-refractivity contribution in [1.82, 2.24) is 20.5 Å². The van der Waals surface area contributed by atoms with E-state index < -0.39 is 17.9 Å². The van der Waals surface area contributed by atoms with Crippen LogP contribution in [-0.4, -0.2) is 47.4 Å². The summed E-state index contributed by atoms with van der Waals surface area (Å²) in [6, 6.07) is 6.99. The van der Waals surface area contributed by atoms with E-state index in [0.29, 0.717) is 27.8 Å². The molecule has 1 aliphatic rings. The molecule has 1 aromatic carbocycles. The van der Waals surface area contributed by atoms with Gasteiger partial charge in [-0.15, -0.1) is 5.10 Å². The van der Waals surface area contributed by atoms with E-state index in [0.717, 1.165) is 0 Å². The van der Waals surface area contributed by atoms with Crippen molar-refractivity contribution in [2.45, 2.75) is 26.4 Å². The second-order valence-corrected chi connectivity index (χ2v) is 7.26. The van der Waals surface area contributed by atoms with Crippen LogP contribution in [0.1, 0.15) is 31.2 Å². The number of methoxy groups -OCH3 is 1. The van der Waals surface area contributed by atoms with E-state index in [9.17, 15) is 9.59 Å². The number of hydrogen-bond donors (Lipinski definition) is 3. The lowest BCUT2D eigenvalue weighted by atomic mass is 9.80. The van der Waals surface area contributed by atoms with Crippen LogP contribution >= 0.6 is 11.6 Å². The number of nitrogens with one attached hydrogen (secondary N) is 2. The molecule has 2 heterocycles. The largest absolute Gasteiger partial charge is 0.466 e. The van der Waals surface area contributed by atoms with Gasteiger partial charge < -0.3 is 25.3 Å². The molecule has 1 aromatic heterocycles. The average Bonchev–Trinajstić information content (AvgIpc) is 3.18. The summed E-state index contributed by atoms with van der Waals surface area (Å²) in [4.78, 5) is 29.8. The van der Waals surface area contributed by atoms with Gasteiger partial charge in [-0.05, 0) is 25.5 Å². The minimum atomic E-state index is -0.809.